The third-order valence-electron chi connectivity index (χ3n) is 2.91. The SMILES string of the molecule is BC(C)(CC)CCCCCCC. The molecule has 1 atom stereocenters. The molecule has 0 nitrogen and oxygen atoms in total. The minimum atomic E-state index is 0.589. The highest BCUT2D eigenvalue weighted by Gasteiger charge is 2.13. The van der Waals surface area contributed by atoms with Crippen molar-refractivity contribution >= 4 is 7.85 Å². The van der Waals surface area contributed by atoms with Crippen LogP contribution in [0.5, 0.6) is 0 Å². The summed E-state index contributed by atoms with van der Waals surface area (Å²) in [7, 11) is 2.38. The average Bonchev–Trinajstić information content (AvgIpc) is 2.04. The molecule has 0 aliphatic carbocycles. The Balaban J connectivity index is 3.19. The first-order chi connectivity index (χ1) is 5.62. The van der Waals surface area contributed by atoms with Gasteiger partial charge in [-0.3, -0.25) is 0 Å². The molecule has 1 unspecified atom stereocenters. The van der Waals surface area contributed by atoms with E-state index in [9.17, 15) is 0 Å². The van der Waals surface area contributed by atoms with Crippen molar-refractivity contribution in [2.75, 3.05) is 0 Å². The van der Waals surface area contributed by atoms with Gasteiger partial charge in [0.15, 0.2) is 0 Å². The second kappa shape index (κ2) is 6.57. The van der Waals surface area contributed by atoms with Gasteiger partial charge in [0.1, 0.15) is 7.85 Å². The smallest absolute Gasteiger partial charge is 0.0669 e. The maximum absolute atomic E-state index is 2.38. The fourth-order valence-electron chi connectivity index (χ4n) is 1.38. The molecule has 0 fully saturated rings. The van der Waals surface area contributed by atoms with Gasteiger partial charge in [-0.15, -0.1) is 0 Å². The van der Waals surface area contributed by atoms with Crippen LogP contribution in [0.3, 0.4) is 0 Å². The Hall–Kier alpha value is 0.0649. The molecule has 0 spiro atoms. The zero-order valence-corrected chi connectivity index (χ0v) is 9.45. The molecular formula is C11H25B. The zero-order valence-electron chi connectivity index (χ0n) is 9.45. The standard InChI is InChI=1S/C11H25B/c1-4-6-7-8-9-10-11(3,12)5-2/h4-10,12H2,1-3H3. The fraction of sp³-hybridized carbons (Fsp3) is 1.00. The van der Waals surface area contributed by atoms with E-state index in [0.717, 1.165) is 0 Å². The molecule has 0 aromatic rings. The lowest BCUT2D eigenvalue weighted by Crippen LogP contribution is -2.05. The molecule has 0 aliphatic heterocycles. The number of rotatable bonds is 7. The molecular weight excluding hydrogens is 143 g/mol. The Morgan fingerprint density at radius 2 is 1.58 bits per heavy atom. The van der Waals surface area contributed by atoms with Crippen molar-refractivity contribution in [2.45, 2.75) is 71.0 Å². The van der Waals surface area contributed by atoms with Gasteiger partial charge in [-0.05, 0) is 0 Å². The van der Waals surface area contributed by atoms with Crippen LogP contribution in [-0.4, -0.2) is 7.85 Å². The van der Waals surface area contributed by atoms with Crippen LogP contribution in [-0.2, 0) is 0 Å². The largest absolute Gasteiger partial charge is 0.109 e. The number of unbranched alkanes of at least 4 members (excludes halogenated alkanes) is 4. The van der Waals surface area contributed by atoms with Crippen LogP contribution in [0.4, 0.5) is 0 Å². The summed E-state index contributed by atoms with van der Waals surface area (Å²) < 4.78 is 0. The van der Waals surface area contributed by atoms with E-state index in [2.05, 4.69) is 28.6 Å². The molecule has 72 valence electrons. The van der Waals surface area contributed by atoms with Crippen LogP contribution in [0.25, 0.3) is 0 Å². The summed E-state index contributed by atoms with van der Waals surface area (Å²) in [4.78, 5) is 0. The van der Waals surface area contributed by atoms with E-state index in [0.29, 0.717) is 5.31 Å². The molecule has 0 aromatic carbocycles. The molecule has 0 amide bonds. The molecule has 0 radical (unpaired) electrons. The van der Waals surface area contributed by atoms with E-state index in [-0.39, 0.29) is 0 Å². The van der Waals surface area contributed by atoms with Crippen molar-refractivity contribution < 1.29 is 0 Å². The van der Waals surface area contributed by atoms with Crippen molar-refractivity contribution in [3.8, 4) is 0 Å². The van der Waals surface area contributed by atoms with Crippen molar-refractivity contribution in [3.63, 3.8) is 0 Å². The predicted octanol–water partition coefficient (Wildman–Crippen LogP) is 3.57. The second-order valence-electron chi connectivity index (χ2n) is 4.68. The molecule has 0 aliphatic rings. The van der Waals surface area contributed by atoms with Crippen molar-refractivity contribution in [3.05, 3.63) is 0 Å². The maximum Gasteiger partial charge on any atom is 0.109 e. The van der Waals surface area contributed by atoms with Crippen LogP contribution >= 0.6 is 0 Å². The first-order valence-electron chi connectivity index (χ1n) is 5.62. The van der Waals surface area contributed by atoms with Gasteiger partial charge in [0.05, 0.1) is 0 Å². The summed E-state index contributed by atoms with van der Waals surface area (Å²) in [5.41, 5.74) is 0. The Morgan fingerprint density at radius 1 is 1.00 bits per heavy atom. The zero-order chi connectivity index (χ0) is 9.45. The Bertz CT molecular complexity index is 97.2. The monoisotopic (exact) mass is 168 g/mol. The molecule has 0 heterocycles. The first-order valence-corrected chi connectivity index (χ1v) is 5.62. The summed E-state index contributed by atoms with van der Waals surface area (Å²) >= 11 is 0. The highest BCUT2D eigenvalue weighted by molar-refractivity contribution is 6.14. The van der Waals surface area contributed by atoms with Crippen LogP contribution in [0.15, 0.2) is 0 Å². The van der Waals surface area contributed by atoms with Crippen molar-refractivity contribution in [1.29, 1.82) is 0 Å². The van der Waals surface area contributed by atoms with Crippen LogP contribution in [0.1, 0.15) is 65.7 Å². The second-order valence-corrected chi connectivity index (χ2v) is 4.68. The molecule has 12 heavy (non-hydrogen) atoms. The topological polar surface area (TPSA) is 0 Å². The van der Waals surface area contributed by atoms with E-state index in [1.807, 2.05) is 0 Å². The van der Waals surface area contributed by atoms with Gasteiger partial charge in [-0.2, -0.15) is 0 Å². The Morgan fingerprint density at radius 3 is 2.08 bits per heavy atom. The minimum Gasteiger partial charge on any atom is -0.0669 e. The highest BCUT2D eigenvalue weighted by atomic mass is 14.1. The quantitative estimate of drug-likeness (QED) is 0.402. The predicted molar refractivity (Wildman–Crippen MR) is 60.6 cm³/mol. The molecule has 0 saturated carbocycles. The van der Waals surface area contributed by atoms with Gasteiger partial charge < -0.3 is 0 Å². The molecule has 0 N–H and O–H groups in total. The highest BCUT2D eigenvalue weighted by Crippen LogP contribution is 2.31. The third-order valence-corrected chi connectivity index (χ3v) is 2.91. The summed E-state index contributed by atoms with van der Waals surface area (Å²) in [6.07, 6.45) is 9.83. The molecule has 0 aromatic heterocycles. The lowest BCUT2D eigenvalue weighted by Gasteiger charge is -2.22. The van der Waals surface area contributed by atoms with E-state index < -0.39 is 0 Å². The summed E-state index contributed by atoms with van der Waals surface area (Å²) in [6.45, 7) is 6.95. The fourth-order valence-corrected chi connectivity index (χ4v) is 1.38. The minimum absolute atomic E-state index is 0.589. The van der Waals surface area contributed by atoms with Gasteiger partial charge in [-0.1, -0.05) is 71.0 Å². The van der Waals surface area contributed by atoms with Gasteiger partial charge in [0, 0.05) is 0 Å². The molecule has 0 rings (SSSR count). The van der Waals surface area contributed by atoms with E-state index >= 15 is 0 Å². The lowest BCUT2D eigenvalue weighted by molar-refractivity contribution is 0.493. The first kappa shape index (κ1) is 12.1. The molecule has 0 saturated heterocycles. The third kappa shape index (κ3) is 6.76. The van der Waals surface area contributed by atoms with Crippen LogP contribution in [0.2, 0.25) is 5.31 Å². The Labute approximate surface area is 79.5 Å². The normalized spacial score (nSPS) is 15.9. The van der Waals surface area contributed by atoms with E-state index in [1.165, 1.54) is 44.9 Å². The van der Waals surface area contributed by atoms with Gasteiger partial charge in [-0.25, -0.2) is 0 Å². The van der Waals surface area contributed by atoms with E-state index in [1.54, 1.807) is 0 Å². The van der Waals surface area contributed by atoms with Gasteiger partial charge in [0.25, 0.3) is 0 Å². The van der Waals surface area contributed by atoms with Crippen molar-refractivity contribution in [2.24, 2.45) is 0 Å². The van der Waals surface area contributed by atoms with Gasteiger partial charge in [0.2, 0.25) is 0 Å². The maximum atomic E-state index is 2.38. The molecule has 1 heteroatoms. The number of hydrogen-bond acceptors (Lipinski definition) is 0. The van der Waals surface area contributed by atoms with Crippen molar-refractivity contribution in [1.82, 2.24) is 0 Å². The molecule has 0 bridgehead atoms. The number of hydrogen-bond donors (Lipinski definition) is 0. The average molecular weight is 168 g/mol. The Kier molecular flexibility index (Phi) is 6.60. The summed E-state index contributed by atoms with van der Waals surface area (Å²) in [5.74, 6) is 0. The summed E-state index contributed by atoms with van der Waals surface area (Å²) in [5, 5.41) is 0.589. The van der Waals surface area contributed by atoms with Crippen LogP contribution < -0.4 is 0 Å². The van der Waals surface area contributed by atoms with Gasteiger partial charge >= 0.3 is 0 Å². The van der Waals surface area contributed by atoms with E-state index in [4.69, 9.17) is 0 Å². The van der Waals surface area contributed by atoms with Crippen LogP contribution in [0, 0.1) is 0 Å². The lowest BCUT2D eigenvalue weighted by atomic mass is 9.65. The summed E-state index contributed by atoms with van der Waals surface area (Å²) in [6, 6.07) is 0.